The zero-order chi connectivity index (χ0) is 14.3. The number of nitrogens with zero attached hydrogens (tertiary/aromatic N) is 2. The van der Waals surface area contributed by atoms with Gasteiger partial charge in [0.15, 0.2) is 5.78 Å². The monoisotopic (exact) mass is 268 g/mol. The standard InChI is InChI=1S/C14H21FN2O2/c1-4-17(7-8-19-3)10-11(2)14(18)13-6-5-12(15)9-16-13/h5-6,9,11H,4,7-8,10H2,1-3H3. The van der Waals surface area contributed by atoms with E-state index < -0.39 is 5.82 Å². The van der Waals surface area contributed by atoms with Crippen LogP contribution in [0.15, 0.2) is 18.3 Å². The minimum Gasteiger partial charge on any atom is -0.383 e. The van der Waals surface area contributed by atoms with E-state index in [1.807, 2.05) is 13.8 Å². The van der Waals surface area contributed by atoms with E-state index in [1.54, 1.807) is 7.11 Å². The van der Waals surface area contributed by atoms with Crippen LogP contribution in [0.3, 0.4) is 0 Å². The van der Waals surface area contributed by atoms with Gasteiger partial charge in [-0.1, -0.05) is 13.8 Å². The van der Waals surface area contributed by atoms with Crippen molar-refractivity contribution < 1.29 is 13.9 Å². The highest BCUT2D eigenvalue weighted by atomic mass is 19.1. The maximum Gasteiger partial charge on any atom is 0.185 e. The fourth-order valence-corrected chi connectivity index (χ4v) is 1.84. The van der Waals surface area contributed by atoms with E-state index in [-0.39, 0.29) is 11.7 Å². The highest BCUT2D eigenvalue weighted by Gasteiger charge is 2.19. The average Bonchev–Trinajstić information content (AvgIpc) is 2.43. The highest BCUT2D eigenvalue weighted by Crippen LogP contribution is 2.09. The molecule has 0 amide bonds. The summed E-state index contributed by atoms with van der Waals surface area (Å²) < 4.78 is 17.8. The molecule has 0 aliphatic heterocycles. The summed E-state index contributed by atoms with van der Waals surface area (Å²) >= 11 is 0. The van der Waals surface area contributed by atoms with E-state index in [9.17, 15) is 9.18 Å². The fourth-order valence-electron chi connectivity index (χ4n) is 1.84. The first kappa shape index (κ1) is 15.7. The minimum atomic E-state index is -0.431. The summed E-state index contributed by atoms with van der Waals surface area (Å²) in [6.45, 7) is 6.85. The van der Waals surface area contributed by atoms with Gasteiger partial charge >= 0.3 is 0 Å². The first-order valence-electron chi connectivity index (χ1n) is 6.45. The third-order valence-electron chi connectivity index (χ3n) is 3.02. The molecule has 1 aromatic heterocycles. The quantitative estimate of drug-likeness (QED) is 0.676. The number of halogens is 1. The second kappa shape index (κ2) is 7.96. The number of likely N-dealkylation sites (N-methyl/N-ethyl adjacent to an activating group) is 1. The fraction of sp³-hybridized carbons (Fsp3) is 0.571. The molecule has 1 rings (SSSR count). The van der Waals surface area contributed by atoms with Gasteiger partial charge in [-0.25, -0.2) is 4.39 Å². The Balaban J connectivity index is 2.58. The molecule has 0 aliphatic carbocycles. The molecule has 0 spiro atoms. The number of rotatable bonds is 8. The topological polar surface area (TPSA) is 42.4 Å². The Morgan fingerprint density at radius 2 is 2.26 bits per heavy atom. The number of carbonyl (C=O) groups excluding carboxylic acids is 1. The van der Waals surface area contributed by atoms with Crippen molar-refractivity contribution in [3.8, 4) is 0 Å². The van der Waals surface area contributed by atoms with Gasteiger partial charge in [-0.3, -0.25) is 9.78 Å². The van der Waals surface area contributed by atoms with E-state index in [2.05, 4.69) is 9.88 Å². The van der Waals surface area contributed by atoms with Gasteiger partial charge in [0.2, 0.25) is 0 Å². The number of methoxy groups -OCH3 is 1. The summed E-state index contributed by atoms with van der Waals surface area (Å²) in [7, 11) is 1.66. The SMILES string of the molecule is CCN(CCOC)CC(C)C(=O)c1ccc(F)cn1. The van der Waals surface area contributed by atoms with E-state index in [1.165, 1.54) is 12.1 Å². The smallest absolute Gasteiger partial charge is 0.185 e. The lowest BCUT2D eigenvalue weighted by molar-refractivity contribution is 0.0868. The van der Waals surface area contributed by atoms with Gasteiger partial charge in [-0.2, -0.15) is 0 Å². The molecule has 1 atom stereocenters. The zero-order valence-corrected chi connectivity index (χ0v) is 11.7. The molecule has 0 aliphatic rings. The van der Waals surface area contributed by atoms with Crippen molar-refractivity contribution in [1.29, 1.82) is 0 Å². The molecule has 0 aromatic carbocycles. The molecule has 0 saturated carbocycles. The Kier molecular flexibility index (Phi) is 6.59. The second-order valence-electron chi connectivity index (χ2n) is 4.51. The molecule has 1 unspecified atom stereocenters. The van der Waals surface area contributed by atoms with Crippen LogP contribution in [-0.4, -0.2) is 49.0 Å². The Hall–Kier alpha value is -1.33. The van der Waals surface area contributed by atoms with Gasteiger partial charge in [-0.15, -0.1) is 0 Å². The molecule has 0 N–H and O–H groups in total. The van der Waals surface area contributed by atoms with Gasteiger partial charge in [-0.05, 0) is 18.7 Å². The van der Waals surface area contributed by atoms with Crippen molar-refractivity contribution in [2.75, 3.05) is 33.4 Å². The van der Waals surface area contributed by atoms with Crippen LogP contribution in [0, 0.1) is 11.7 Å². The number of pyridine rings is 1. The molecule has 19 heavy (non-hydrogen) atoms. The van der Waals surface area contributed by atoms with Crippen molar-refractivity contribution >= 4 is 5.78 Å². The van der Waals surface area contributed by atoms with Crippen molar-refractivity contribution in [1.82, 2.24) is 9.88 Å². The third kappa shape index (κ3) is 5.04. The minimum absolute atomic E-state index is 0.0594. The van der Waals surface area contributed by atoms with Crippen LogP contribution in [0.4, 0.5) is 4.39 Å². The number of hydrogen-bond acceptors (Lipinski definition) is 4. The van der Waals surface area contributed by atoms with Crippen molar-refractivity contribution in [2.24, 2.45) is 5.92 Å². The molecule has 0 bridgehead atoms. The maximum atomic E-state index is 12.8. The molecule has 5 heteroatoms. The number of aromatic nitrogens is 1. The van der Waals surface area contributed by atoms with Gasteiger partial charge in [0, 0.05) is 26.1 Å². The third-order valence-corrected chi connectivity index (χ3v) is 3.02. The Morgan fingerprint density at radius 1 is 1.53 bits per heavy atom. The van der Waals surface area contributed by atoms with Crippen LogP contribution in [0.25, 0.3) is 0 Å². The number of hydrogen-bond donors (Lipinski definition) is 0. The summed E-state index contributed by atoms with van der Waals surface area (Å²) in [6, 6.07) is 2.69. The predicted octanol–water partition coefficient (Wildman–Crippen LogP) is 2.01. The van der Waals surface area contributed by atoms with Gasteiger partial charge in [0.25, 0.3) is 0 Å². The molecule has 0 fully saturated rings. The Bertz CT molecular complexity index is 395. The molecule has 0 saturated heterocycles. The van der Waals surface area contributed by atoms with Crippen LogP contribution in [-0.2, 0) is 4.74 Å². The molecule has 1 heterocycles. The van der Waals surface area contributed by atoms with Crippen molar-refractivity contribution in [3.05, 3.63) is 29.8 Å². The Labute approximate surface area is 113 Å². The van der Waals surface area contributed by atoms with Crippen LogP contribution in [0.1, 0.15) is 24.3 Å². The molecular weight excluding hydrogens is 247 g/mol. The van der Waals surface area contributed by atoms with E-state index in [4.69, 9.17) is 4.74 Å². The Morgan fingerprint density at radius 3 is 2.79 bits per heavy atom. The van der Waals surface area contributed by atoms with Gasteiger partial charge in [0.1, 0.15) is 11.5 Å². The van der Waals surface area contributed by atoms with E-state index in [0.29, 0.717) is 18.8 Å². The van der Waals surface area contributed by atoms with E-state index in [0.717, 1.165) is 19.3 Å². The average molecular weight is 268 g/mol. The zero-order valence-electron chi connectivity index (χ0n) is 11.7. The summed E-state index contributed by atoms with van der Waals surface area (Å²) in [5.41, 5.74) is 0.316. The highest BCUT2D eigenvalue weighted by molar-refractivity contribution is 5.95. The van der Waals surface area contributed by atoms with Gasteiger partial charge in [0.05, 0.1) is 12.8 Å². The normalized spacial score (nSPS) is 12.7. The largest absolute Gasteiger partial charge is 0.383 e. The van der Waals surface area contributed by atoms with Crippen LogP contribution >= 0.6 is 0 Å². The lowest BCUT2D eigenvalue weighted by atomic mass is 10.0. The number of ether oxygens (including phenoxy) is 1. The van der Waals surface area contributed by atoms with Crippen LogP contribution in [0.2, 0.25) is 0 Å². The number of ketones is 1. The predicted molar refractivity (Wildman–Crippen MR) is 71.7 cm³/mol. The molecule has 0 radical (unpaired) electrons. The summed E-state index contributed by atoms with van der Waals surface area (Å²) in [6.07, 6.45) is 1.07. The molecule has 4 nitrogen and oxygen atoms in total. The van der Waals surface area contributed by atoms with E-state index >= 15 is 0 Å². The lowest BCUT2D eigenvalue weighted by Crippen LogP contribution is -2.34. The van der Waals surface area contributed by atoms with Gasteiger partial charge < -0.3 is 9.64 Å². The molecular formula is C14H21FN2O2. The lowest BCUT2D eigenvalue weighted by Gasteiger charge is -2.23. The maximum absolute atomic E-state index is 12.8. The first-order chi connectivity index (χ1) is 9.08. The van der Waals surface area contributed by atoms with Crippen molar-refractivity contribution in [3.63, 3.8) is 0 Å². The van der Waals surface area contributed by atoms with Crippen LogP contribution in [0.5, 0.6) is 0 Å². The first-order valence-corrected chi connectivity index (χ1v) is 6.45. The summed E-state index contributed by atoms with van der Waals surface area (Å²) in [5, 5.41) is 0. The second-order valence-corrected chi connectivity index (χ2v) is 4.51. The molecule has 1 aromatic rings. The van der Waals surface area contributed by atoms with Crippen LogP contribution < -0.4 is 0 Å². The number of Topliss-reactive ketones (excluding diaryl/α,β-unsaturated/α-hetero) is 1. The number of carbonyl (C=O) groups is 1. The summed E-state index contributed by atoms with van der Waals surface area (Å²) in [5.74, 6) is -0.662. The van der Waals surface area contributed by atoms with Crippen molar-refractivity contribution in [2.45, 2.75) is 13.8 Å². The summed E-state index contributed by atoms with van der Waals surface area (Å²) in [4.78, 5) is 18.1. The molecule has 106 valence electrons.